The maximum absolute atomic E-state index is 5.16. The van der Waals surface area contributed by atoms with Crippen LogP contribution in [0.3, 0.4) is 0 Å². The number of rotatable bonds is 7. The quantitative estimate of drug-likeness (QED) is 0.339. The number of ether oxygens (including phenoxy) is 1. The molecule has 4 aromatic heterocycles. The summed E-state index contributed by atoms with van der Waals surface area (Å²) in [4.78, 5) is 9.76. The van der Waals surface area contributed by atoms with Crippen LogP contribution < -0.4 is 0 Å². The van der Waals surface area contributed by atoms with Gasteiger partial charge in [-0.3, -0.25) is 14.0 Å². The summed E-state index contributed by atoms with van der Waals surface area (Å²) in [5.74, 6) is 1.08. The summed E-state index contributed by atoms with van der Waals surface area (Å²) in [5, 5.41) is 13.9. The minimum atomic E-state index is 0.311. The Morgan fingerprint density at radius 1 is 1.00 bits per heavy atom. The van der Waals surface area contributed by atoms with Crippen LogP contribution >= 0.6 is 0 Å². The van der Waals surface area contributed by atoms with Crippen molar-refractivity contribution >= 4 is 0 Å². The fourth-order valence-electron chi connectivity index (χ4n) is 5.14. The Hall–Kier alpha value is -4.11. The van der Waals surface area contributed by atoms with Crippen LogP contribution in [0.25, 0.3) is 33.6 Å². The van der Waals surface area contributed by atoms with Crippen molar-refractivity contribution in [3.63, 3.8) is 0 Å². The van der Waals surface area contributed by atoms with Crippen molar-refractivity contribution in [1.29, 1.82) is 0 Å². The lowest BCUT2D eigenvalue weighted by atomic mass is 9.84. The zero-order valence-electron chi connectivity index (χ0n) is 21.6. The van der Waals surface area contributed by atoms with Gasteiger partial charge in [0.05, 0.1) is 48.5 Å². The Kier molecular flexibility index (Phi) is 5.92. The Labute approximate surface area is 215 Å². The highest BCUT2D eigenvalue weighted by molar-refractivity contribution is 5.85. The summed E-state index contributed by atoms with van der Waals surface area (Å²) in [7, 11) is 5.64. The van der Waals surface area contributed by atoms with Gasteiger partial charge in [0.1, 0.15) is 5.82 Å². The van der Waals surface area contributed by atoms with Crippen LogP contribution in [-0.4, -0.2) is 53.0 Å². The second kappa shape index (κ2) is 9.40. The van der Waals surface area contributed by atoms with E-state index in [1.54, 1.807) is 11.8 Å². The van der Waals surface area contributed by atoms with Crippen molar-refractivity contribution in [2.24, 2.45) is 14.1 Å². The minimum absolute atomic E-state index is 0.311. The van der Waals surface area contributed by atoms with Crippen LogP contribution in [0.4, 0.5) is 0 Å². The monoisotopic (exact) mass is 494 g/mol. The second-order valence-electron chi connectivity index (χ2n) is 9.71. The van der Waals surface area contributed by atoms with E-state index in [1.165, 1.54) is 5.56 Å². The Bertz CT molecular complexity index is 1560. The molecule has 188 valence electrons. The minimum Gasteiger partial charge on any atom is -0.383 e. The number of nitrogens with zero attached hydrogens (tertiary/aromatic N) is 8. The van der Waals surface area contributed by atoms with E-state index in [1.807, 2.05) is 48.1 Å². The normalized spacial score (nSPS) is 14.5. The van der Waals surface area contributed by atoms with Gasteiger partial charge in [0.25, 0.3) is 0 Å². The maximum Gasteiger partial charge on any atom is 0.134 e. The molecule has 1 aromatic carbocycles. The summed E-state index contributed by atoms with van der Waals surface area (Å²) < 4.78 is 10.9. The molecule has 0 saturated heterocycles. The van der Waals surface area contributed by atoms with E-state index < -0.39 is 0 Å². The third-order valence-electron chi connectivity index (χ3n) is 7.01. The summed E-state index contributed by atoms with van der Waals surface area (Å²) in [6, 6.07) is 10.6. The molecule has 1 unspecified atom stereocenters. The summed E-state index contributed by atoms with van der Waals surface area (Å²) in [6.45, 7) is 3.59. The van der Waals surface area contributed by atoms with Crippen LogP contribution in [0.1, 0.15) is 35.6 Å². The molecule has 37 heavy (non-hydrogen) atoms. The van der Waals surface area contributed by atoms with Crippen LogP contribution in [0.5, 0.6) is 0 Å². The zero-order chi connectivity index (χ0) is 25.5. The van der Waals surface area contributed by atoms with Gasteiger partial charge in [-0.05, 0) is 24.0 Å². The molecule has 4 heterocycles. The topological polar surface area (TPSA) is 88.5 Å². The lowest BCUT2D eigenvalue weighted by Crippen LogP contribution is -2.12. The highest BCUT2D eigenvalue weighted by Gasteiger charge is 2.30. The summed E-state index contributed by atoms with van der Waals surface area (Å²) >= 11 is 0. The average molecular weight is 495 g/mol. The van der Waals surface area contributed by atoms with Gasteiger partial charge in [0.2, 0.25) is 0 Å². The van der Waals surface area contributed by atoms with E-state index in [0.717, 1.165) is 63.8 Å². The van der Waals surface area contributed by atoms with E-state index in [0.29, 0.717) is 18.9 Å². The zero-order valence-corrected chi connectivity index (χ0v) is 21.6. The van der Waals surface area contributed by atoms with E-state index in [2.05, 4.69) is 47.6 Å². The van der Waals surface area contributed by atoms with Crippen LogP contribution in [0, 0.1) is 0 Å². The van der Waals surface area contributed by atoms with Crippen molar-refractivity contribution in [2.45, 2.75) is 32.2 Å². The Balaban J connectivity index is 1.36. The molecule has 0 spiro atoms. The molecular weight excluding hydrogens is 464 g/mol. The van der Waals surface area contributed by atoms with Crippen molar-refractivity contribution < 1.29 is 4.74 Å². The molecule has 1 aliphatic carbocycles. The predicted molar refractivity (Wildman–Crippen MR) is 141 cm³/mol. The first-order valence-electron chi connectivity index (χ1n) is 12.5. The fourth-order valence-corrected chi connectivity index (χ4v) is 5.14. The van der Waals surface area contributed by atoms with Gasteiger partial charge >= 0.3 is 0 Å². The molecule has 0 aliphatic heterocycles. The lowest BCUT2D eigenvalue weighted by Gasteiger charge is -2.22. The number of fused-ring (bicyclic) bond motifs is 3. The molecule has 9 nitrogen and oxygen atoms in total. The van der Waals surface area contributed by atoms with Gasteiger partial charge in [-0.1, -0.05) is 31.2 Å². The largest absolute Gasteiger partial charge is 0.383 e. The lowest BCUT2D eigenvalue weighted by molar-refractivity contribution is 0.183. The number of aromatic nitrogens is 8. The molecule has 6 rings (SSSR count). The SMILES string of the molecule is COCCn1cc(-c2ccc(-c3c4c(nn3C)CC(C)c3cnc(Cc5ccn(C)n5)nc3-4)cc2)cn1. The molecule has 0 radical (unpaired) electrons. The molecule has 0 fully saturated rings. The van der Waals surface area contributed by atoms with Gasteiger partial charge in [-0.2, -0.15) is 15.3 Å². The maximum atomic E-state index is 5.16. The van der Waals surface area contributed by atoms with Crippen LogP contribution in [0.2, 0.25) is 0 Å². The second-order valence-corrected chi connectivity index (χ2v) is 9.71. The summed E-state index contributed by atoms with van der Waals surface area (Å²) in [6.07, 6.45) is 9.36. The average Bonchev–Trinajstić information content (AvgIpc) is 3.61. The molecule has 9 heteroatoms. The van der Waals surface area contributed by atoms with Gasteiger partial charge < -0.3 is 4.74 Å². The number of benzene rings is 1. The first-order chi connectivity index (χ1) is 18.0. The van der Waals surface area contributed by atoms with Crippen LogP contribution in [0.15, 0.2) is 55.1 Å². The molecule has 5 aromatic rings. The number of hydrogen-bond donors (Lipinski definition) is 0. The third kappa shape index (κ3) is 4.35. The van der Waals surface area contributed by atoms with E-state index in [4.69, 9.17) is 19.8 Å². The van der Waals surface area contributed by atoms with Gasteiger partial charge in [-0.15, -0.1) is 0 Å². The molecular formula is C28H30N8O. The van der Waals surface area contributed by atoms with Crippen molar-refractivity contribution in [3.05, 3.63) is 77.9 Å². The molecule has 0 N–H and O–H groups in total. The van der Waals surface area contributed by atoms with Crippen molar-refractivity contribution in [2.75, 3.05) is 13.7 Å². The van der Waals surface area contributed by atoms with Crippen molar-refractivity contribution in [3.8, 4) is 33.6 Å². The molecule has 0 saturated carbocycles. The molecule has 0 bridgehead atoms. The Morgan fingerprint density at radius 3 is 2.57 bits per heavy atom. The Morgan fingerprint density at radius 2 is 1.81 bits per heavy atom. The van der Waals surface area contributed by atoms with E-state index in [9.17, 15) is 0 Å². The fraction of sp³-hybridized carbons (Fsp3) is 0.321. The smallest absolute Gasteiger partial charge is 0.134 e. The van der Waals surface area contributed by atoms with Crippen LogP contribution in [-0.2, 0) is 38.2 Å². The highest BCUT2D eigenvalue weighted by atomic mass is 16.5. The standard InChI is InChI=1S/C28H30N8O/c1-18-13-24-26(27-23(18)16-29-25(31-27)14-22-9-10-34(2)32-22)28(35(3)33-24)20-7-5-19(6-8-20)21-15-30-36(17-21)11-12-37-4/h5-10,15-18H,11-14H2,1-4H3. The van der Waals surface area contributed by atoms with Crippen molar-refractivity contribution in [1.82, 2.24) is 39.3 Å². The number of hydrogen-bond acceptors (Lipinski definition) is 6. The van der Waals surface area contributed by atoms with E-state index >= 15 is 0 Å². The predicted octanol–water partition coefficient (Wildman–Crippen LogP) is 4.04. The number of methoxy groups -OCH3 is 1. The van der Waals surface area contributed by atoms with E-state index in [-0.39, 0.29) is 0 Å². The van der Waals surface area contributed by atoms with Gasteiger partial charge in [0.15, 0.2) is 0 Å². The summed E-state index contributed by atoms with van der Waals surface area (Å²) in [5.41, 5.74) is 9.71. The highest BCUT2D eigenvalue weighted by Crippen LogP contribution is 2.43. The first-order valence-corrected chi connectivity index (χ1v) is 12.5. The van der Waals surface area contributed by atoms with Gasteiger partial charge in [-0.25, -0.2) is 9.97 Å². The van der Waals surface area contributed by atoms with Gasteiger partial charge in [0, 0.05) is 62.0 Å². The first kappa shape index (κ1) is 23.3. The molecule has 0 amide bonds. The third-order valence-corrected chi connectivity index (χ3v) is 7.01. The number of aryl methyl sites for hydroxylation is 2. The molecule has 1 atom stereocenters. The molecule has 1 aliphatic rings.